The molecular weight excluding hydrogens is 370 g/mol. The Bertz CT molecular complexity index is 726. The highest BCUT2D eigenvalue weighted by Gasteiger charge is 2.28. The standard InChI is InChI=1S/C22H31N3O2S/c1-4-5-6-7-8-9-10-11-21(26)23-18-12-14-19(15-13-18)25-22(27)20(16-28-3)17(2)24-25/h12-16H,4-11H2,1-3H3,(H,23,26)/b20-16+. The summed E-state index contributed by atoms with van der Waals surface area (Å²) >= 11 is 1.49. The fourth-order valence-electron chi connectivity index (χ4n) is 3.10. The topological polar surface area (TPSA) is 61.8 Å². The Labute approximate surface area is 172 Å². The van der Waals surface area contributed by atoms with Crippen LogP contribution < -0.4 is 10.3 Å². The van der Waals surface area contributed by atoms with Crippen LogP contribution in [0.15, 0.2) is 40.3 Å². The summed E-state index contributed by atoms with van der Waals surface area (Å²) in [4.78, 5) is 24.6. The minimum atomic E-state index is -0.123. The van der Waals surface area contributed by atoms with E-state index in [0.29, 0.717) is 23.4 Å². The first-order valence-corrected chi connectivity index (χ1v) is 11.4. The van der Waals surface area contributed by atoms with E-state index in [0.717, 1.165) is 18.5 Å². The number of benzene rings is 1. The maximum atomic E-state index is 12.5. The molecule has 1 N–H and O–H groups in total. The number of hydrogen-bond acceptors (Lipinski definition) is 4. The molecule has 2 amide bonds. The SMILES string of the molecule is CCCCCCCCCC(=O)Nc1ccc(N2N=C(C)/C(=C\SC)C2=O)cc1. The molecule has 0 radical (unpaired) electrons. The third-order valence-electron chi connectivity index (χ3n) is 4.70. The Balaban J connectivity index is 1.79. The first-order valence-electron chi connectivity index (χ1n) is 10.1. The molecular formula is C22H31N3O2S. The highest BCUT2D eigenvalue weighted by Crippen LogP contribution is 2.26. The zero-order valence-electron chi connectivity index (χ0n) is 17.2. The van der Waals surface area contributed by atoms with Crippen LogP contribution in [0.5, 0.6) is 0 Å². The minimum Gasteiger partial charge on any atom is -0.326 e. The zero-order chi connectivity index (χ0) is 20.4. The Morgan fingerprint density at radius 1 is 1.11 bits per heavy atom. The van der Waals surface area contributed by atoms with Crippen LogP contribution in [0.3, 0.4) is 0 Å². The van der Waals surface area contributed by atoms with Gasteiger partial charge >= 0.3 is 0 Å². The lowest BCUT2D eigenvalue weighted by Gasteiger charge is -2.12. The average Bonchev–Trinajstić information content (AvgIpc) is 2.96. The maximum absolute atomic E-state index is 12.5. The van der Waals surface area contributed by atoms with Crippen molar-refractivity contribution in [2.45, 2.75) is 65.2 Å². The highest BCUT2D eigenvalue weighted by molar-refractivity contribution is 8.01. The molecule has 1 aliphatic heterocycles. The van der Waals surface area contributed by atoms with E-state index in [1.54, 1.807) is 12.1 Å². The monoisotopic (exact) mass is 401 g/mol. The van der Waals surface area contributed by atoms with E-state index in [2.05, 4.69) is 17.3 Å². The van der Waals surface area contributed by atoms with Gasteiger partial charge < -0.3 is 5.32 Å². The van der Waals surface area contributed by atoms with E-state index in [1.165, 1.54) is 48.9 Å². The van der Waals surface area contributed by atoms with Gasteiger partial charge in [-0.15, -0.1) is 11.8 Å². The summed E-state index contributed by atoms with van der Waals surface area (Å²) in [6.45, 7) is 4.05. The molecule has 0 atom stereocenters. The first kappa shape index (κ1) is 22.2. The van der Waals surface area contributed by atoms with E-state index in [4.69, 9.17) is 0 Å². The fourth-order valence-corrected chi connectivity index (χ4v) is 3.61. The van der Waals surface area contributed by atoms with Crippen molar-refractivity contribution < 1.29 is 9.59 Å². The summed E-state index contributed by atoms with van der Waals surface area (Å²) < 4.78 is 0. The number of rotatable bonds is 11. The molecule has 0 spiro atoms. The van der Waals surface area contributed by atoms with Crippen molar-refractivity contribution in [2.75, 3.05) is 16.6 Å². The summed E-state index contributed by atoms with van der Waals surface area (Å²) in [6, 6.07) is 7.24. The van der Waals surface area contributed by atoms with Crippen molar-refractivity contribution in [3.63, 3.8) is 0 Å². The second-order valence-corrected chi connectivity index (χ2v) is 7.74. The van der Waals surface area contributed by atoms with Gasteiger partial charge in [-0.1, -0.05) is 45.4 Å². The zero-order valence-corrected chi connectivity index (χ0v) is 18.0. The van der Waals surface area contributed by atoms with Gasteiger partial charge in [0.25, 0.3) is 5.91 Å². The number of thioether (sulfide) groups is 1. The predicted molar refractivity (Wildman–Crippen MR) is 120 cm³/mol. The number of nitrogens with one attached hydrogen (secondary N) is 1. The number of carbonyl (C=O) groups is 2. The second kappa shape index (κ2) is 11.7. The van der Waals surface area contributed by atoms with Gasteiger partial charge in [-0.3, -0.25) is 9.59 Å². The van der Waals surface area contributed by atoms with Crippen molar-refractivity contribution in [1.29, 1.82) is 0 Å². The molecule has 0 saturated heterocycles. The van der Waals surface area contributed by atoms with Crippen LogP contribution in [0.2, 0.25) is 0 Å². The largest absolute Gasteiger partial charge is 0.326 e. The lowest BCUT2D eigenvalue weighted by atomic mass is 10.1. The normalized spacial score (nSPS) is 15.2. The van der Waals surface area contributed by atoms with Crippen molar-refractivity contribution in [2.24, 2.45) is 5.10 Å². The number of anilines is 2. The van der Waals surface area contributed by atoms with E-state index in [9.17, 15) is 9.59 Å². The molecule has 0 bridgehead atoms. The Kier molecular flexibility index (Phi) is 9.28. The van der Waals surface area contributed by atoms with Gasteiger partial charge in [-0.05, 0) is 49.3 Å². The molecule has 0 fully saturated rings. The molecule has 1 aromatic carbocycles. The average molecular weight is 402 g/mol. The molecule has 6 heteroatoms. The quantitative estimate of drug-likeness (QED) is 0.380. The van der Waals surface area contributed by atoms with Gasteiger partial charge in [0.05, 0.1) is 17.0 Å². The second-order valence-electron chi connectivity index (χ2n) is 7.04. The van der Waals surface area contributed by atoms with Crippen LogP contribution in [-0.2, 0) is 9.59 Å². The number of unbranched alkanes of at least 4 members (excludes halogenated alkanes) is 6. The molecule has 0 saturated carbocycles. The van der Waals surface area contributed by atoms with Crippen molar-refractivity contribution in [1.82, 2.24) is 0 Å². The van der Waals surface area contributed by atoms with Crippen LogP contribution in [-0.4, -0.2) is 23.8 Å². The lowest BCUT2D eigenvalue weighted by Crippen LogP contribution is -2.21. The number of nitrogens with zero attached hydrogens (tertiary/aromatic N) is 2. The summed E-state index contributed by atoms with van der Waals surface area (Å²) in [6.07, 6.45) is 10.8. The first-order chi connectivity index (χ1) is 13.6. The van der Waals surface area contributed by atoms with Crippen LogP contribution in [0.1, 0.15) is 65.2 Å². The van der Waals surface area contributed by atoms with Gasteiger partial charge in [0.1, 0.15) is 0 Å². The van der Waals surface area contributed by atoms with E-state index in [-0.39, 0.29) is 11.8 Å². The maximum Gasteiger partial charge on any atom is 0.281 e. The molecule has 28 heavy (non-hydrogen) atoms. The molecule has 1 aromatic rings. The fraction of sp³-hybridized carbons (Fsp3) is 0.500. The summed E-state index contributed by atoms with van der Waals surface area (Å²) in [5.41, 5.74) is 2.77. The Morgan fingerprint density at radius 3 is 2.39 bits per heavy atom. The lowest BCUT2D eigenvalue weighted by molar-refractivity contribution is -0.116. The van der Waals surface area contributed by atoms with Crippen LogP contribution in [0, 0.1) is 0 Å². The molecule has 0 unspecified atom stereocenters. The molecule has 0 aromatic heterocycles. The van der Waals surface area contributed by atoms with Crippen molar-refractivity contribution in [3.8, 4) is 0 Å². The van der Waals surface area contributed by atoms with Gasteiger partial charge in [0, 0.05) is 12.1 Å². The van der Waals surface area contributed by atoms with Gasteiger partial charge in [0.15, 0.2) is 0 Å². The van der Waals surface area contributed by atoms with Crippen LogP contribution >= 0.6 is 11.8 Å². The third kappa shape index (κ3) is 6.51. The van der Waals surface area contributed by atoms with Crippen LogP contribution in [0.4, 0.5) is 11.4 Å². The van der Waals surface area contributed by atoms with Gasteiger partial charge in [-0.25, -0.2) is 0 Å². The van der Waals surface area contributed by atoms with Gasteiger partial charge in [-0.2, -0.15) is 10.1 Å². The summed E-state index contributed by atoms with van der Waals surface area (Å²) in [5.74, 6) is -0.0832. The Hall–Kier alpha value is -2.08. The smallest absolute Gasteiger partial charge is 0.281 e. The molecule has 0 aliphatic carbocycles. The molecule has 1 aliphatic rings. The number of hydrazone groups is 1. The molecule has 152 valence electrons. The minimum absolute atomic E-state index is 0.0395. The number of carbonyl (C=O) groups excluding carboxylic acids is 2. The van der Waals surface area contributed by atoms with Gasteiger partial charge in [0.2, 0.25) is 5.91 Å². The van der Waals surface area contributed by atoms with E-state index < -0.39 is 0 Å². The highest BCUT2D eigenvalue weighted by atomic mass is 32.2. The summed E-state index contributed by atoms with van der Waals surface area (Å²) in [5, 5.41) is 10.5. The molecule has 5 nitrogen and oxygen atoms in total. The summed E-state index contributed by atoms with van der Waals surface area (Å²) in [7, 11) is 0. The van der Waals surface area contributed by atoms with Crippen LogP contribution in [0.25, 0.3) is 0 Å². The molecule has 1 heterocycles. The Morgan fingerprint density at radius 2 is 1.75 bits per heavy atom. The van der Waals surface area contributed by atoms with E-state index >= 15 is 0 Å². The van der Waals surface area contributed by atoms with Crippen molar-refractivity contribution in [3.05, 3.63) is 35.2 Å². The third-order valence-corrected chi connectivity index (χ3v) is 5.17. The number of hydrogen-bond donors (Lipinski definition) is 1. The van der Waals surface area contributed by atoms with Crippen molar-refractivity contribution >= 4 is 40.7 Å². The predicted octanol–water partition coefficient (Wildman–Crippen LogP) is 5.74. The molecule has 2 rings (SSSR count). The number of amides is 2. The van der Waals surface area contributed by atoms with E-state index in [1.807, 2.05) is 30.7 Å².